The van der Waals surface area contributed by atoms with Crippen molar-refractivity contribution in [1.82, 2.24) is 19.5 Å². The molecule has 34 heavy (non-hydrogen) atoms. The van der Waals surface area contributed by atoms with Gasteiger partial charge in [0.05, 0.1) is 22.1 Å². The van der Waals surface area contributed by atoms with Crippen molar-refractivity contribution in [3.05, 3.63) is 52.2 Å². The first-order chi connectivity index (χ1) is 16.2. The number of amidine groups is 1. The van der Waals surface area contributed by atoms with E-state index in [0.29, 0.717) is 35.4 Å². The molecule has 0 spiro atoms. The Bertz CT molecular complexity index is 1650. The molecular formula is C22H22N6O5S. The first-order valence-corrected chi connectivity index (χ1v) is 12.1. The zero-order valence-corrected chi connectivity index (χ0v) is 19.2. The second-order valence-electron chi connectivity index (χ2n) is 8.46. The van der Waals surface area contributed by atoms with Crippen molar-refractivity contribution in [2.45, 2.75) is 38.3 Å². The minimum absolute atomic E-state index is 0.150. The lowest BCUT2D eigenvalue weighted by atomic mass is 10.1. The normalized spacial score (nSPS) is 14.9. The largest absolute Gasteiger partial charge is 0.506 e. The summed E-state index contributed by atoms with van der Waals surface area (Å²) < 4.78 is 31.7. The third kappa shape index (κ3) is 3.42. The molecule has 5 rings (SSSR count). The Labute approximate surface area is 193 Å². The predicted molar refractivity (Wildman–Crippen MR) is 126 cm³/mol. The van der Waals surface area contributed by atoms with Gasteiger partial charge < -0.3 is 20.5 Å². The third-order valence-corrected chi connectivity index (χ3v) is 7.06. The lowest BCUT2D eigenvalue weighted by molar-refractivity contribution is 0.273. The number of aromatic hydroxyl groups is 1. The Hall–Kier alpha value is -3.77. The van der Waals surface area contributed by atoms with E-state index in [9.17, 15) is 23.4 Å². The molecule has 3 aromatic heterocycles. The van der Waals surface area contributed by atoms with E-state index in [1.54, 1.807) is 18.2 Å². The van der Waals surface area contributed by atoms with Crippen molar-refractivity contribution in [2.24, 2.45) is 10.3 Å². The average molecular weight is 483 g/mol. The first-order valence-electron chi connectivity index (χ1n) is 10.7. The number of imidazole rings is 1. The third-order valence-electron chi connectivity index (χ3n) is 5.69. The summed E-state index contributed by atoms with van der Waals surface area (Å²) >= 11 is 0. The number of aromatic nitrogens is 4. The van der Waals surface area contributed by atoms with Crippen LogP contribution in [-0.2, 0) is 23.2 Å². The van der Waals surface area contributed by atoms with Crippen LogP contribution in [0, 0.1) is 5.92 Å². The fraction of sp³-hybridized carbons (Fsp3) is 0.273. The van der Waals surface area contributed by atoms with E-state index in [-0.39, 0.29) is 39.9 Å². The number of H-pyrrole nitrogens is 1. The summed E-state index contributed by atoms with van der Waals surface area (Å²) in [4.78, 5) is 24.6. The summed E-state index contributed by atoms with van der Waals surface area (Å²) in [6.07, 6.45) is 2.21. The Morgan fingerprint density at radius 3 is 2.74 bits per heavy atom. The second-order valence-corrected chi connectivity index (χ2v) is 10.00. The molecule has 0 amide bonds. The molecule has 0 saturated carbocycles. The molecule has 1 aromatic carbocycles. The van der Waals surface area contributed by atoms with Crippen LogP contribution in [-0.4, -0.2) is 44.0 Å². The zero-order chi connectivity index (χ0) is 24.2. The van der Waals surface area contributed by atoms with Crippen molar-refractivity contribution in [1.29, 1.82) is 0 Å². The van der Waals surface area contributed by atoms with Crippen molar-refractivity contribution >= 4 is 43.6 Å². The lowest BCUT2D eigenvalue weighted by Crippen LogP contribution is -2.33. The van der Waals surface area contributed by atoms with Gasteiger partial charge in [-0.15, -0.1) is 4.40 Å². The van der Waals surface area contributed by atoms with Gasteiger partial charge in [-0.3, -0.25) is 9.36 Å². The molecular weight excluding hydrogens is 460 g/mol. The minimum atomic E-state index is -4.29. The highest BCUT2D eigenvalue weighted by Gasteiger charge is 2.32. The quantitative estimate of drug-likeness (QED) is 0.336. The standard InChI is InChI=1S/C22H22N6O5S/c1-11(2)7-9-28-21-12(4-3-8-23-21)18(30)16(22(28)31)20-25-14-6-5-13-17(26-15(10-29)24-13)19(14)34(32,33)27-20/h3-6,8,11,29-30H,7,9-10H2,1-2H3,(H,24,26)(H,25,27). The maximum atomic E-state index is 13.5. The van der Waals surface area contributed by atoms with Gasteiger partial charge in [-0.05, 0) is 36.6 Å². The summed E-state index contributed by atoms with van der Waals surface area (Å²) in [6.45, 7) is 4.00. The Morgan fingerprint density at radius 2 is 2.00 bits per heavy atom. The van der Waals surface area contributed by atoms with E-state index in [4.69, 9.17) is 0 Å². The fourth-order valence-corrected chi connectivity index (χ4v) is 5.32. The minimum Gasteiger partial charge on any atom is -0.506 e. The van der Waals surface area contributed by atoms with Crippen molar-refractivity contribution < 1.29 is 18.6 Å². The van der Waals surface area contributed by atoms with Crippen molar-refractivity contribution in [3.8, 4) is 5.75 Å². The van der Waals surface area contributed by atoms with Crippen LogP contribution in [0.25, 0.3) is 22.1 Å². The summed E-state index contributed by atoms with van der Waals surface area (Å²) in [5, 5.41) is 23.6. The smallest absolute Gasteiger partial charge is 0.288 e. The molecule has 176 valence electrons. The van der Waals surface area contributed by atoms with Crippen LogP contribution in [0.5, 0.6) is 5.75 Å². The fourth-order valence-electron chi connectivity index (χ4n) is 4.04. The average Bonchev–Trinajstić information content (AvgIpc) is 3.21. The molecule has 4 heterocycles. The van der Waals surface area contributed by atoms with Gasteiger partial charge in [0, 0.05) is 12.7 Å². The number of pyridine rings is 2. The summed E-state index contributed by atoms with van der Waals surface area (Å²) in [6, 6.07) is 6.32. The molecule has 12 heteroatoms. The monoisotopic (exact) mass is 482 g/mol. The van der Waals surface area contributed by atoms with Gasteiger partial charge in [0.25, 0.3) is 15.6 Å². The number of aromatic amines is 1. The van der Waals surface area contributed by atoms with Gasteiger partial charge in [0.1, 0.15) is 34.3 Å². The van der Waals surface area contributed by atoms with E-state index in [1.807, 2.05) is 13.8 Å². The Morgan fingerprint density at radius 1 is 1.21 bits per heavy atom. The molecule has 1 aliphatic heterocycles. The summed E-state index contributed by atoms with van der Waals surface area (Å²) in [5.41, 5.74) is 0.175. The maximum Gasteiger partial charge on any atom is 0.288 e. The number of hydrogen-bond acceptors (Lipinski definition) is 8. The second kappa shape index (κ2) is 7.92. The number of benzene rings is 1. The molecule has 11 nitrogen and oxygen atoms in total. The lowest BCUT2D eigenvalue weighted by Gasteiger charge is -2.20. The molecule has 1 aliphatic rings. The molecule has 0 saturated heterocycles. The van der Waals surface area contributed by atoms with Gasteiger partial charge in [0.15, 0.2) is 5.84 Å². The van der Waals surface area contributed by atoms with Gasteiger partial charge in [0.2, 0.25) is 0 Å². The first kappa shape index (κ1) is 22.0. The molecule has 0 radical (unpaired) electrons. The number of aryl methyl sites for hydroxylation is 1. The van der Waals surface area contributed by atoms with Gasteiger partial charge in [-0.1, -0.05) is 13.8 Å². The van der Waals surface area contributed by atoms with Crippen LogP contribution in [0.3, 0.4) is 0 Å². The van der Waals surface area contributed by atoms with Gasteiger partial charge in [-0.2, -0.15) is 8.42 Å². The molecule has 0 fully saturated rings. The topological polar surface area (TPSA) is 163 Å². The SMILES string of the molecule is CC(C)CCn1c(=O)c(C2=NS(=O)(=O)c3c(ccc4nc(CO)[nH]c34)N2)c(O)c2cccnc21. The molecule has 4 N–H and O–H groups in total. The molecule has 0 atom stereocenters. The summed E-state index contributed by atoms with van der Waals surface area (Å²) in [7, 11) is -4.29. The van der Waals surface area contributed by atoms with Crippen LogP contribution < -0.4 is 10.9 Å². The Kier molecular flexibility index (Phi) is 5.14. The van der Waals surface area contributed by atoms with E-state index in [2.05, 4.69) is 24.7 Å². The number of nitrogens with one attached hydrogen (secondary N) is 2. The maximum absolute atomic E-state index is 13.5. The summed E-state index contributed by atoms with van der Waals surface area (Å²) in [5.74, 6) is -0.161. The van der Waals surface area contributed by atoms with Crippen molar-refractivity contribution in [3.63, 3.8) is 0 Å². The number of aliphatic hydroxyl groups is 1. The molecule has 0 bridgehead atoms. The number of rotatable bonds is 5. The van der Waals surface area contributed by atoms with E-state index in [1.165, 1.54) is 16.8 Å². The predicted octanol–water partition coefficient (Wildman–Crippen LogP) is 2.08. The number of sulfonamides is 1. The van der Waals surface area contributed by atoms with Gasteiger partial charge in [-0.25, -0.2) is 9.97 Å². The van der Waals surface area contributed by atoms with Crippen LogP contribution in [0.1, 0.15) is 31.7 Å². The van der Waals surface area contributed by atoms with Gasteiger partial charge >= 0.3 is 0 Å². The van der Waals surface area contributed by atoms with Crippen LogP contribution in [0.2, 0.25) is 0 Å². The van der Waals surface area contributed by atoms with Crippen molar-refractivity contribution in [2.75, 3.05) is 5.32 Å². The van der Waals surface area contributed by atoms with Crippen LogP contribution in [0.15, 0.2) is 44.6 Å². The molecule has 0 unspecified atom stereocenters. The number of fused-ring (bicyclic) bond motifs is 4. The molecule has 0 aliphatic carbocycles. The van der Waals surface area contributed by atoms with E-state index < -0.39 is 21.3 Å². The molecule has 4 aromatic rings. The highest BCUT2D eigenvalue weighted by molar-refractivity contribution is 7.90. The number of aliphatic hydroxyl groups excluding tert-OH is 1. The van der Waals surface area contributed by atoms with E-state index >= 15 is 0 Å². The number of nitrogens with zero attached hydrogens (tertiary/aromatic N) is 4. The zero-order valence-electron chi connectivity index (χ0n) is 18.4. The Balaban J connectivity index is 1.74. The number of anilines is 1. The number of hydrogen-bond donors (Lipinski definition) is 4. The van der Waals surface area contributed by atoms with Crippen LogP contribution in [0.4, 0.5) is 5.69 Å². The highest BCUT2D eigenvalue weighted by Crippen LogP contribution is 2.35. The highest BCUT2D eigenvalue weighted by atomic mass is 32.2. The van der Waals surface area contributed by atoms with E-state index in [0.717, 1.165) is 0 Å². The van der Waals surface area contributed by atoms with Crippen LogP contribution >= 0.6 is 0 Å².